The second-order valence-electron chi connectivity index (χ2n) is 7.47. The van der Waals surface area contributed by atoms with Crippen LogP contribution < -0.4 is 0 Å². The third-order valence-electron chi connectivity index (χ3n) is 5.02. The first kappa shape index (κ1) is 24.0. The lowest BCUT2D eigenvalue weighted by atomic mass is 9.71. The van der Waals surface area contributed by atoms with Gasteiger partial charge in [-0.2, -0.15) is 26.3 Å². The minimum Gasteiger partial charge on any atom is -0.491 e. The van der Waals surface area contributed by atoms with Crippen LogP contribution >= 0.6 is 0 Å². The molecule has 0 amide bonds. The molecular formula is C14H15F8N3O5. The largest absolute Gasteiger partial charge is 0.491 e. The van der Waals surface area contributed by atoms with E-state index >= 15 is 0 Å². The van der Waals surface area contributed by atoms with Gasteiger partial charge in [-0.25, -0.2) is 8.78 Å². The topological polar surface area (TPSA) is 98.8 Å². The summed E-state index contributed by atoms with van der Waals surface area (Å²) in [4.78, 5) is 22.5. The van der Waals surface area contributed by atoms with E-state index in [0.29, 0.717) is 6.08 Å². The molecular weight excluding hydrogens is 442 g/mol. The van der Waals surface area contributed by atoms with Gasteiger partial charge in [0.1, 0.15) is 5.76 Å². The molecule has 0 spiro atoms. The normalized spacial score (nSPS) is 28.3. The van der Waals surface area contributed by atoms with Crippen LogP contribution in [0.25, 0.3) is 0 Å². The fraction of sp³-hybridized carbons (Fsp3) is 0.857. The van der Waals surface area contributed by atoms with Crippen LogP contribution in [-0.4, -0.2) is 76.8 Å². The number of fused-ring (bicyclic) bond motifs is 2. The average Bonchev–Trinajstić information content (AvgIpc) is 2.58. The maximum absolute atomic E-state index is 13.7. The van der Waals surface area contributed by atoms with E-state index in [1.807, 2.05) is 0 Å². The zero-order valence-corrected chi connectivity index (χ0v) is 15.1. The Kier molecular flexibility index (Phi) is 5.73. The van der Waals surface area contributed by atoms with E-state index in [-0.39, 0.29) is 6.54 Å². The number of nitrogens with zero attached hydrogens (tertiary/aromatic N) is 3. The maximum atomic E-state index is 13.7. The molecule has 2 rings (SSSR count). The average molecular weight is 457 g/mol. The summed E-state index contributed by atoms with van der Waals surface area (Å²) in [6, 6.07) is 0. The van der Waals surface area contributed by atoms with Gasteiger partial charge in [0.2, 0.25) is 5.54 Å². The Morgan fingerprint density at radius 3 is 2.17 bits per heavy atom. The van der Waals surface area contributed by atoms with Crippen LogP contribution in [0.1, 0.15) is 12.8 Å². The molecule has 1 fully saturated rings. The van der Waals surface area contributed by atoms with Gasteiger partial charge in [-0.1, -0.05) is 0 Å². The van der Waals surface area contributed by atoms with Crippen LogP contribution in [0.3, 0.4) is 0 Å². The highest BCUT2D eigenvalue weighted by Gasteiger charge is 2.76. The number of likely N-dealkylation sites (N-methyl/N-ethyl adjacent to an activating group) is 1. The molecule has 1 aliphatic carbocycles. The molecule has 0 saturated carbocycles. The number of ether oxygens (including phenoxy) is 1. The zero-order valence-electron chi connectivity index (χ0n) is 15.1. The van der Waals surface area contributed by atoms with Crippen molar-refractivity contribution in [1.82, 2.24) is 4.90 Å². The molecule has 1 heterocycles. The van der Waals surface area contributed by atoms with E-state index in [1.165, 1.54) is 11.9 Å². The maximum Gasteiger partial charge on any atom is 0.381 e. The minimum absolute atomic E-state index is 0.369. The summed E-state index contributed by atoms with van der Waals surface area (Å²) >= 11 is 0. The van der Waals surface area contributed by atoms with E-state index in [9.17, 15) is 55.4 Å². The van der Waals surface area contributed by atoms with Crippen LogP contribution in [0.4, 0.5) is 35.1 Å². The van der Waals surface area contributed by atoms with Crippen LogP contribution in [-0.2, 0) is 4.74 Å². The Labute approximate surface area is 162 Å². The first-order chi connectivity index (χ1) is 13.4. The molecule has 172 valence electrons. The molecule has 0 aromatic carbocycles. The Morgan fingerprint density at radius 1 is 1.13 bits per heavy atom. The molecule has 0 N–H and O–H groups in total. The van der Waals surface area contributed by atoms with Crippen molar-refractivity contribution in [3.8, 4) is 0 Å². The number of nitro groups is 2. The monoisotopic (exact) mass is 457 g/mol. The Bertz CT molecular complexity index is 764. The highest BCUT2D eigenvalue weighted by molar-refractivity contribution is 5.21. The molecule has 2 bridgehead atoms. The molecule has 0 radical (unpaired) electrons. The van der Waals surface area contributed by atoms with Crippen molar-refractivity contribution in [3.63, 3.8) is 0 Å². The first-order valence-electron chi connectivity index (χ1n) is 8.16. The van der Waals surface area contributed by atoms with Crippen LogP contribution in [0.5, 0.6) is 0 Å². The van der Waals surface area contributed by atoms with E-state index in [4.69, 9.17) is 0 Å². The van der Waals surface area contributed by atoms with Crippen LogP contribution in [0, 0.1) is 20.2 Å². The summed E-state index contributed by atoms with van der Waals surface area (Å²) < 4.78 is 109. The predicted molar refractivity (Wildman–Crippen MR) is 81.1 cm³/mol. The zero-order chi connectivity index (χ0) is 23.3. The summed E-state index contributed by atoms with van der Waals surface area (Å²) in [5, 5.41) is 23.0. The van der Waals surface area contributed by atoms with Gasteiger partial charge in [0.05, 0.1) is 25.9 Å². The second-order valence-corrected chi connectivity index (χ2v) is 7.47. The van der Waals surface area contributed by atoms with Crippen molar-refractivity contribution >= 4 is 0 Å². The standard InChI is InChI=1S/C14H15F8N3O5/c1-23-5-10(24(26)27)2-8(3-11(4-10,6-23)25(28)29)30-7-12(17,18)14(21,22)13(19,20)9(15)16/h2,9H,3-7H2,1H3/t10-,11+/m1/s1. The number of hydrogen-bond acceptors (Lipinski definition) is 6. The van der Waals surface area contributed by atoms with Gasteiger partial charge < -0.3 is 4.74 Å². The Balaban J connectivity index is 2.35. The van der Waals surface area contributed by atoms with Gasteiger partial charge >= 0.3 is 24.2 Å². The molecule has 16 heteroatoms. The number of hydrogen-bond donors (Lipinski definition) is 0. The number of alkyl halides is 8. The molecule has 1 aliphatic heterocycles. The molecule has 1 saturated heterocycles. The Hall–Kier alpha value is -2.26. The van der Waals surface area contributed by atoms with Gasteiger partial charge in [0.25, 0.3) is 5.54 Å². The van der Waals surface area contributed by atoms with Crippen molar-refractivity contribution < 1.29 is 49.7 Å². The molecule has 2 aliphatic rings. The van der Waals surface area contributed by atoms with Gasteiger partial charge in [-0.15, -0.1) is 0 Å². The number of piperidine rings is 1. The lowest BCUT2D eigenvalue weighted by Crippen LogP contribution is -2.66. The van der Waals surface area contributed by atoms with Crippen molar-refractivity contribution in [2.24, 2.45) is 0 Å². The molecule has 0 aromatic heterocycles. The SMILES string of the molecule is CN1C[C@@]2([N+](=O)[O-])C=C(OCC(F)(F)C(F)(F)C(F)(F)C(F)F)C[C@@]([N+](=O)[O-])(C1)C2. The van der Waals surface area contributed by atoms with Crippen LogP contribution in [0.2, 0.25) is 0 Å². The van der Waals surface area contributed by atoms with Gasteiger partial charge in [-0.05, 0) is 7.05 Å². The van der Waals surface area contributed by atoms with E-state index in [0.717, 1.165) is 0 Å². The quantitative estimate of drug-likeness (QED) is 0.316. The number of likely N-dealkylation sites (tertiary alicyclic amines) is 1. The van der Waals surface area contributed by atoms with Crippen molar-refractivity contribution in [3.05, 3.63) is 32.1 Å². The van der Waals surface area contributed by atoms with Gasteiger partial charge in [-0.3, -0.25) is 25.1 Å². The third-order valence-corrected chi connectivity index (χ3v) is 5.02. The van der Waals surface area contributed by atoms with E-state index in [1.54, 1.807) is 0 Å². The lowest BCUT2D eigenvalue weighted by Gasteiger charge is -2.43. The molecule has 0 aromatic rings. The third kappa shape index (κ3) is 3.65. The second kappa shape index (κ2) is 7.16. The number of halogens is 8. The van der Waals surface area contributed by atoms with Crippen molar-refractivity contribution in [2.75, 3.05) is 26.7 Å². The van der Waals surface area contributed by atoms with Gasteiger partial charge in [0.15, 0.2) is 6.61 Å². The highest BCUT2D eigenvalue weighted by atomic mass is 19.4. The fourth-order valence-electron chi connectivity index (χ4n) is 3.71. The predicted octanol–water partition coefficient (Wildman–Crippen LogP) is 2.83. The van der Waals surface area contributed by atoms with E-state index < -0.39 is 76.9 Å². The molecule has 2 atom stereocenters. The summed E-state index contributed by atoms with van der Waals surface area (Å²) in [5.41, 5.74) is -4.27. The minimum atomic E-state index is -6.53. The summed E-state index contributed by atoms with van der Waals surface area (Å²) in [7, 11) is 1.33. The van der Waals surface area contributed by atoms with Crippen molar-refractivity contribution in [2.45, 2.75) is 48.1 Å². The van der Waals surface area contributed by atoms with E-state index in [2.05, 4.69) is 4.74 Å². The molecule has 8 nitrogen and oxygen atoms in total. The van der Waals surface area contributed by atoms with Crippen LogP contribution in [0.15, 0.2) is 11.8 Å². The Morgan fingerprint density at radius 2 is 1.70 bits per heavy atom. The lowest BCUT2D eigenvalue weighted by molar-refractivity contribution is -0.620. The van der Waals surface area contributed by atoms with Crippen molar-refractivity contribution in [1.29, 1.82) is 0 Å². The summed E-state index contributed by atoms with van der Waals surface area (Å²) in [5.74, 6) is -19.6. The molecule has 0 unspecified atom stereocenters. The fourth-order valence-corrected chi connectivity index (χ4v) is 3.71. The van der Waals surface area contributed by atoms with Gasteiger partial charge in [0, 0.05) is 15.9 Å². The summed E-state index contributed by atoms with van der Waals surface area (Å²) in [6.07, 6.45) is -5.96. The molecule has 30 heavy (non-hydrogen) atoms. The highest BCUT2D eigenvalue weighted by Crippen LogP contribution is 2.49. The smallest absolute Gasteiger partial charge is 0.381 e. The first-order valence-corrected chi connectivity index (χ1v) is 8.16. The number of rotatable bonds is 8. The summed E-state index contributed by atoms with van der Waals surface area (Å²) in [6.45, 7) is -3.32.